The van der Waals surface area contributed by atoms with E-state index in [1.807, 2.05) is 32.0 Å². The molecule has 4 heteroatoms. The van der Waals surface area contributed by atoms with Gasteiger partial charge in [0.2, 0.25) is 0 Å². The number of hydrogen-bond donors (Lipinski definition) is 1. The first-order chi connectivity index (χ1) is 7.71. The molecule has 0 bridgehead atoms. The Morgan fingerprint density at radius 3 is 2.00 bits per heavy atom. The van der Waals surface area contributed by atoms with Gasteiger partial charge >= 0.3 is 0 Å². The zero-order valence-electron chi connectivity index (χ0n) is 10.6. The van der Waals surface area contributed by atoms with Crippen LogP contribution in [-0.4, -0.2) is 16.3 Å². The number of rotatable bonds is 4. The van der Waals surface area contributed by atoms with Gasteiger partial charge in [-0.3, -0.25) is 0 Å². The van der Waals surface area contributed by atoms with E-state index < -0.39 is 11.2 Å². The molecule has 0 saturated heterocycles. The Morgan fingerprint density at radius 1 is 1.18 bits per heavy atom. The van der Waals surface area contributed by atoms with Crippen LogP contribution in [0.25, 0.3) is 0 Å². The molecule has 0 aliphatic carbocycles. The van der Waals surface area contributed by atoms with Gasteiger partial charge in [-0.2, -0.15) is 0 Å². The highest BCUT2D eigenvalue weighted by Crippen LogP contribution is 2.39. The molecule has 0 fully saturated rings. The number of hydrogen-bond acceptors (Lipinski definition) is 2. The molecule has 17 heavy (non-hydrogen) atoms. The second-order valence-corrected chi connectivity index (χ2v) is 6.50. The second kappa shape index (κ2) is 5.29. The normalized spacial score (nSPS) is 15.5. The molecule has 0 aliphatic heterocycles. The molecular formula is C13H18Br2O2. The van der Waals surface area contributed by atoms with E-state index >= 15 is 0 Å². The van der Waals surface area contributed by atoms with Crippen molar-refractivity contribution in [1.29, 1.82) is 0 Å². The van der Waals surface area contributed by atoms with Crippen molar-refractivity contribution in [3.8, 4) is 5.75 Å². The van der Waals surface area contributed by atoms with Crippen LogP contribution in [0.3, 0.4) is 0 Å². The minimum Gasteiger partial charge on any atom is -0.482 e. The minimum absolute atomic E-state index is 0.639. The van der Waals surface area contributed by atoms with E-state index in [2.05, 4.69) is 31.9 Å². The molecule has 1 unspecified atom stereocenters. The van der Waals surface area contributed by atoms with E-state index in [1.165, 1.54) is 0 Å². The SMILES string of the molecule is CCC(C)(Oc1c(Br)cccc1Br)C(C)(C)O. The Balaban J connectivity index is 3.12. The zero-order chi connectivity index (χ0) is 13.3. The van der Waals surface area contributed by atoms with Crippen LogP contribution < -0.4 is 4.74 Å². The first-order valence-corrected chi connectivity index (χ1v) is 7.15. The summed E-state index contributed by atoms with van der Waals surface area (Å²) in [6.07, 6.45) is 0.713. The summed E-state index contributed by atoms with van der Waals surface area (Å²) in [5.41, 5.74) is -1.56. The average Bonchev–Trinajstić information content (AvgIpc) is 2.22. The van der Waals surface area contributed by atoms with Gasteiger partial charge < -0.3 is 9.84 Å². The predicted octanol–water partition coefficient (Wildman–Crippen LogP) is 4.53. The van der Waals surface area contributed by atoms with Crippen LogP contribution in [0.2, 0.25) is 0 Å². The second-order valence-electron chi connectivity index (χ2n) is 4.80. The Bertz CT molecular complexity index is 379. The van der Waals surface area contributed by atoms with Gasteiger partial charge in [-0.1, -0.05) is 13.0 Å². The Morgan fingerprint density at radius 2 is 1.65 bits per heavy atom. The molecule has 0 spiro atoms. The van der Waals surface area contributed by atoms with Crippen molar-refractivity contribution in [3.63, 3.8) is 0 Å². The van der Waals surface area contributed by atoms with Gasteiger partial charge in [0.15, 0.2) is 0 Å². The Hall–Kier alpha value is -0.0600. The van der Waals surface area contributed by atoms with Gasteiger partial charge in [0.05, 0.1) is 14.5 Å². The fourth-order valence-corrected chi connectivity index (χ4v) is 2.60. The number of ether oxygens (including phenoxy) is 1. The van der Waals surface area contributed by atoms with Crippen molar-refractivity contribution in [2.45, 2.75) is 45.3 Å². The molecule has 1 N–H and O–H groups in total. The maximum atomic E-state index is 10.2. The van der Waals surface area contributed by atoms with Gasteiger partial charge in [-0.25, -0.2) is 0 Å². The third kappa shape index (κ3) is 3.24. The van der Waals surface area contributed by atoms with Gasteiger partial charge in [0.25, 0.3) is 0 Å². The van der Waals surface area contributed by atoms with Crippen LogP contribution in [0, 0.1) is 0 Å². The summed E-state index contributed by atoms with van der Waals surface area (Å²) in [7, 11) is 0. The third-order valence-corrected chi connectivity index (χ3v) is 4.46. The number of halogens is 2. The molecule has 0 aromatic heterocycles. The summed E-state index contributed by atoms with van der Waals surface area (Å²) in [5.74, 6) is 0.721. The van der Waals surface area contributed by atoms with Crippen molar-refractivity contribution in [2.75, 3.05) is 0 Å². The summed E-state index contributed by atoms with van der Waals surface area (Å²) in [6.45, 7) is 7.45. The number of aliphatic hydroxyl groups is 1. The lowest BCUT2D eigenvalue weighted by molar-refractivity contribution is -0.104. The van der Waals surface area contributed by atoms with Gasteiger partial charge in [-0.05, 0) is 71.2 Å². The predicted molar refractivity (Wildman–Crippen MR) is 77.5 cm³/mol. The lowest BCUT2D eigenvalue weighted by Crippen LogP contribution is -2.51. The van der Waals surface area contributed by atoms with Crippen molar-refractivity contribution in [2.24, 2.45) is 0 Å². The van der Waals surface area contributed by atoms with Crippen molar-refractivity contribution in [1.82, 2.24) is 0 Å². The van der Waals surface area contributed by atoms with Crippen LogP contribution in [0.4, 0.5) is 0 Å². The fourth-order valence-electron chi connectivity index (χ4n) is 1.43. The molecule has 1 aromatic carbocycles. The van der Waals surface area contributed by atoms with E-state index in [0.29, 0.717) is 6.42 Å². The van der Waals surface area contributed by atoms with E-state index in [0.717, 1.165) is 14.7 Å². The molecular weight excluding hydrogens is 348 g/mol. The van der Waals surface area contributed by atoms with Gasteiger partial charge in [0.1, 0.15) is 11.4 Å². The van der Waals surface area contributed by atoms with Crippen LogP contribution in [-0.2, 0) is 0 Å². The van der Waals surface area contributed by atoms with E-state index in [1.54, 1.807) is 13.8 Å². The molecule has 0 amide bonds. The van der Waals surface area contributed by atoms with Crippen molar-refractivity contribution < 1.29 is 9.84 Å². The van der Waals surface area contributed by atoms with Crippen LogP contribution in [0.15, 0.2) is 27.1 Å². The molecule has 1 atom stereocenters. The first-order valence-electron chi connectivity index (χ1n) is 5.56. The lowest BCUT2D eigenvalue weighted by atomic mass is 9.85. The topological polar surface area (TPSA) is 29.5 Å². The maximum absolute atomic E-state index is 10.2. The quantitative estimate of drug-likeness (QED) is 0.849. The first kappa shape index (κ1) is 15.0. The average molecular weight is 366 g/mol. The molecule has 0 radical (unpaired) electrons. The van der Waals surface area contributed by atoms with Crippen molar-refractivity contribution >= 4 is 31.9 Å². The molecule has 2 nitrogen and oxygen atoms in total. The Kier molecular flexibility index (Phi) is 4.67. The van der Waals surface area contributed by atoms with Crippen molar-refractivity contribution in [3.05, 3.63) is 27.1 Å². The largest absolute Gasteiger partial charge is 0.482 e. The van der Waals surface area contributed by atoms with E-state index in [-0.39, 0.29) is 0 Å². The highest BCUT2D eigenvalue weighted by molar-refractivity contribution is 9.11. The molecule has 1 rings (SSSR count). The standard InChI is InChI=1S/C13H18Br2O2/c1-5-13(4,12(2,3)16)17-11-9(14)7-6-8-10(11)15/h6-8,16H,5H2,1-4H3. The minimum atomic E-state index is -0.920. The number of benzene rings is 1. The van der Waals surface area contributed by atoms with E-state index in [9.17, 15) is 5.11 Å². The maximum Gasteiger partial charge on any atom is 0.148 e. The lowest BCUT2D eigenvalue weighted by Gasteiger charge is -2.40. The van der Waals surface area contributed by atoms with E-state index in [4.69, 9.17) is 4.74 Å². The number of para-hydroxylation sites is 1. The summed E-state index contributed by atoms with van der Waals surface area (Å²) in [6, 6.07) is 5.76. The van der Waals surface area contributed by atoms with Crippen LogP contribution in [0.5, 0.6) is 5.75 Å². The van der Waals surface area contributed by atoms with Crippen LogP contribution >= 0.6 is 31.9 Å². The molecule has 0 aliphatic rings. The monoisotopic (exact) mass is 364 g/mol. The molecule has 96 valence electrons. The summed E-state index contributed by atoms with van der Waals surface area (Å²) < 4.78 is 7.78. The molecule has 0 heterocycles. The van der Waals surface area contributed by atoms with Gasteiger partial charge in [-0.15, -0.1) is 0 Å². The summed E-state index contributed by atoms with van der Waals surface area (Å²) in [5, 5.41) is 10.2. The zero-order valence-corrected chi connectivity index (χ0v) is 13.7. The molecule has 1 aromatic rings. The summed E-state index contributed by atoms with van der Waals surface area (Å²) in [4.78, 5) is 0. The summed E-state index contributed by atoms with van der Waals surface area (Å²) >= 11 is 6.92. The fraction of sp³-hybridized carbons (Fsp3) is 0.538. The Labute approximate surface area is 120 Å². The smallest absolute Gasteiger partial charge is 0.148 e. The highest BCUT2D eigenvalue weighted by Gasteiger charge is 2.41. The van der Waals surface area contributed by atoms with Crippen LogP contribution in [0.1, 0.15) is 34.1 Å². The highest BCUT2D eigenvalue weighted by atomic mass is 79.9. The van der Waals surface area contributed by atoms with Gasteiger partial charge in [0, 0.05) is 0 Å². The molecule has 0 saturated carbocycles. The third-order valence-electron chi connectivity index (χ3n) is 3.22.